The lowest BCUT2D eigenvalue weighted by Gasteiger charge is -2.15. The first-order chi connectivity index (χ1) is 7.56. The zero-order valence-electron chi connectivity index (χ0n) is 8.62. The second kappa shape index (κ2) is 6.62. The maximum Gasteiger partial charge on any atom is 0.321 e. The summed E-state index contributed by atoms with van der Waals surface area (Å²) in [6.45, 7) is 2.15. The van der Waals surface area contributed by atoms with Crippen molar-refractivity contribution in [2.24, 2.45) is 0 Å². The molecule has 1 aromatic rings. The fourth-order valence-corrected chi connectivity index (χ4v) is 2.33. The van der Waals surface area contributed by atoms with E-state index in [9.17, 15) is 4.79 Å². The summed E-state index contributed by atoms with van der Waals surface area (Å²) in [5.74, 6) is -0.288. The van der Waals surface area contributed by atoms with Crippen molar-refractivity contribution in [3.05, 3.63) is 34.9 Å². The molecule has 0 bridgehead atoms. The van der Waals surface area contributed by atoms with Gasteiger partial charge >= 0.3 is 5.97 Å². The Labute approximate surface area is 117 Å². The summed E-state index contributed by atoms with van der Waals surface area (Å²) >= 11 is 12.6. The van der Waals surface area contributed by atoms with Crippen molar-refractivity contribution in [3.63, 3.8) is 0 Å². The van der Waals surface area contributed by atoms with E-state index in [1.807, 2.05) is 18.2 Å². The van der Waals surface area contributed by atoms with Crippen molar-refractivity contribution in [2.75, 3.05) is 6.61 Å². The van der Waals surface area contributed by atoms with Gasteiger partial charge in [-0.25, -0.2) is 0 Å². The van der Waals surface area contributed by atoms with Gasteiger partial charge in [-0.15, -0.1) is 0 Å². The van der Waals surface area contributed by atoms with E-state index in [0.29, 0.717) is 11.6 Å². The van der Waals surface area contributed by atoms with Gasteiger partial charge in [-0.2, -0.15) is 0 Å². The highest BCUT2D eigenvalue weighted by Gasteiger charge is 2.26. The van der Waals surface area contributed by atoms with E-state index >= 15 is 0 Å². The lowest BCUT2D eigenvalue weighted by atomic mass is 10.1. The highest BCUT2D eigenvalue weighted by atomic mass is 79.9. The number of hydrogen-bond acceptors (Lipinski definition) is 2. The molecule has 0 aromatic heterocycles. The maximum atomic E-state index is 11.5. The molecule has 5 heteroatoms. The van der Waals surface area contributed by atoms with Gasteiger partial charge in [0.05, 0.1) is 11.4 Å². The zero-order chi connectivity index (χ0) is 12.1. The normalized spacial score (nSPS) is 14.2. The van der Waals surface area contributed by atoms with Gasteiger partial charge in [0.25, 0.3) is 0 Å². The van der Waals surface area contributed by atoms with E-state index in [2.05, 4.69) is 31.9 Å². The molecule has 0 radical (unpaired) electrons. The van der Waals surface area contributed by atoms with E-state index in [1.54, 1.807) is 13.0 Å². The van der Waals surface area contributed by atoms with E-state index in [-0.39, 0.29) is 10.8 Å². The molecule has 88 valence electrons. The third kappa shape index (κ3) is 3.75. The monoisotopic (exact) mass is 368 g/mol. The summed E-state index contributed by atoms with van der Waals surface area (Å²) < 4.78 is 4.93. The number of benzene rings is 1. The van der Waals surface area contributed by atoms with Crippen LogP contribution in [0, 0.1) is 0 Å². The van der Waals surface area contributed by atoms with Gasteiger partial charge in [-0.3, -0.25) is 4.79 Å². The number of hydrogen-bond donors (Lipinski definition) is 0. The van der Waals surface area contributed by atoms with Crippen LogP contribution in [-0.4, -0.2) is 17.4 Å². The zero-order valence-corrected chi connectivity index (χ0v) is 12.5. The molecule has 1 rings (SSSR count). The Balaban J connectivity index is 2.77. The molecule has 2 atom stereocenters. The molecule has 0 amide bonds. The van der Waals surface area contributed by atoms with Crippen LogP contribution >= 0.6 is 43.5 Å². The minimum atomic E-state index is -0.425. The quantitative estimate of drug-likeness (QED) is 0.589. The van der Waals surface area contributed by atoms with E-state index < -0.39 is 4.83 Å². The highest BCUT2D eigenvalue weighted by molar-refractivity contribution is 9.12. The fraction of sp³-hybridized carbons (Fsp3) is 0.364. The Hall–Kier alpha value is -0.0600. The molecule has 0 heterocycles. The van der Waals surface area contributed by atoms with Crippen LogP contribution in [0.2, 0.25) is 5.02 Å². The summed E-state index contributed by atoms with van der Waals surface area (Å²) in [4.78, 5) is 10.9. The van der Waals surface area contributed by atoms with Gasteiger partial charge in [0, 0.05) is 5.02 Å². The van der Waals surface area contributed by atoms with Crippen molar-refractivity contribution >= 4 is 49.4 Å². The van der Waals surface area contributed by atoms with Gasteiger partial charge in [0.15, 0.2) is 0 Å². The summed E-state index contributed by atoms with van der Waals surface area (Å²) in [6.07, 6.45) is 0. The molecule has 0 saturated carbocycles. The van der Waals surface area contributed by atoms with E-state index in [0.717, 1.165) is 5.56 Å². The van der Waals surface area contributed by atoms with Crippen molar-refractivity contribution in [2.45, 2.75) is 16.6 Å². The fourth-order valence-electron chi connectivity index (χ4n) is 1.19. The molecule has 16 heavy (non-hydrogen) atoms. The standard InChI is InChI=1S/C11H11Br2ClO2/c1-2-16-11(15)10(13)9(12)7-4-3-5-8(14)6-7/h3-6,9-10H,2H2,1H3. The lowest BCUT2D eigenvalue weighted by Crippen LogP contribution is -2.21. The Kier molecular flexibility index (Phi) is 5.79. The number of halogens is 3. The number of alkyl halides is 2. The van der Waals surface area contributed by atoms with Gasteiger partial charge in [-0.05, 0) is 24.6 Å². The summed E-state index contributed by atoms with van der Waals surface area (Å²) in [5, 5.41) is 0.644. The van der Waals surface area contributed by atoms with Crippen LogP contribution < -0.4 is 0 Å². The minimum Gasteiger partial charge on any atom is -0.465 e. The first-order valence-electron chi connectivity index (χ1n) is 4.76. The third-order valence-corrected chi connectivity index (χ3v) is 4.84. The van der Waals surface area contributed by atoms with Crippen LogP contribution in [0.1, 0.15) is 17.3 Å². The molecule has 0 aliphatic carbocycles. The number of carbonyl (C=O) groups excluding carboxylic acids is 1. The van der Waals surface area contributed by atoms with Crippen molar-refractivity contribution in [1.82, 2.24) is 0 Å². The number of carbonyl (C=O) groups is 1. The summed E-state index contributed by atoms with van der Waals surface area (Å²) in [5.41, 5.74) is 0.933. The smallest absolute Gasteiger partial charge is 0.321 e. The molecule has 0 fully saturated rings. The van der Waals surface area contributed by atoms with Gasteiger partial charge < -0.3 is 4.74 Å². The Morgan fingerprint density at radius 3 is 2.75 bits per heavy atom. The Bertz CT molecular complexity index is 371. The van der Waals surface area contributed by atoms with Crippen molar-refractivity contribution in [1.29, 1.82) is 0 Å². The summed E-state index contributed by atoms with van der Waals surface area (Å²) in [7, 11) is 0. The molecule has 0 spiro atoms. The second-order valence-electron chi connectivity index (χ2n) is 3.11. The number of rotatable bonds is 4. The molecule has 0 N–H and O–H groups in total. The van der Waals surface area contributed by atoms with Crippen LogP contribution in [0.3, 0.4) is 0 Å². The van der Waals surface area contributed by atoms with Crippen LogP contribution in [-0.2, 0) is 9.53 Å². The molecule has 0 saturated heterocycles. The predicted octanol–water partition coefficient (Wildman–Crippen LogP) is 4.10. The lowest BCUT2D eigenvalue weighted by molar-refractivity contribution is -0.142. The van der Waals surface area contributed by atoms with Crippen LogP contribution in [0.5, 0.6) is 0 Å². The van der Waals surface area contributed by atoms with Crippen molar-refractivity contribution < 1.29 is 9.53 Å². The van der Waals surface area contributed by atoms with E-state index in [4.69, 9.17) is 16.3 Å². The molecule has 2 unspecified atom stereocenters. The summed E-state index contributed by atoms with van der Waals surface area (Å²) in [6, 6.07) is 7.35. The average molecular weight is 370 g/mol. The third-order valence-electron chi connectivity index (χ3n) is 1.94. The van der Waals surface area contributed by atoms with Crippen LogP contribution in [0.15, 0.2) is 24.3 Å². The van der Waals surface area contributed by atoms with Gasteiger partial charge in [-0.1, -0.05) is 55.6 Å². The first-order valence-corrected chi connectivity index (χ1v) is 6.97. The molecular formula is C11H11Br2ClO2. The maximum absolute atomic E-state index is 11.5. The number of ether oxygens (including phenoxy) is 1. The molecule has 0 aliphatic heterocycles. The van der Waals surface area contributed by atoms with Crippen molar-refractivity contribution in [3.8, 4) is 0 Å². The largest absolute Gasteiger partial charge is 0.465 e. The number of esters is 1. The molecular weight excluding hydrogens is 359 g/mol. The average Bonchev–Trinajstić information content (AvgIpc) is 2.27. The highest BCUT2D eigenvalue weighted by Crippen LogP contribution is 2.33. The SMILES string of the molecule is CCOC(=O)C(Br)C(Br)c1cccc(Cl)c1. The van der Waals surface area contributed by atoms with Crippen LogP contribution in [0.4, 0.5) is 0 Å². The molecule has 2 nitrogen and oxygen atoms in total. The van der Waals surface area contributed by atoms with Crippen LogP contribution in [0.25, 0.3) is 0 Å². The van der Waals surface area contributed by atoms with Gasteiger partial charge in [0.1, 0.15) is 4.83 Å². The first kappa shape index (κ1) is 14.0. The Morgan fingerprint density at radius 2 is 2.19 bits per heavy atom. The second-order valence-corrected chi connectivity index (χ2v) is 5.52. The topological polar surface area (TPSA) is 26.3 Å². The Morgan fingerprint density at radius 1 is 1.50 bits per heavy atom. The predicted molar refractivity (Wildman–Crippen MR) is 72.5 cm³/mol. The van der Waals surface area contributed by atoms with Gasteiger partial charge in [0.2, 0.25) is 0 Å². The molecule has 1 aromatic carbocycles. The minimum absolute atomic E-state index is 0.162. The van der Waals surface area contributed by atoms with E-state index in [1.165, 1.54) is 0 Å². The molecule has 0 aliphatic rings.